The molecule has 32 heavy (non-hydrogen) atoms. The summed E-state index contributed by atoms with van der Waals surface area (Å²) in [5, 5.41) is 3.40. The van der Waals surface area contributed by atoms with Crippen molar-refractivity contribution in [3.05, 3.63) is 53.1 Å². The summed E-state index contributed by atoms with van der Waals surface area (Å²) in [5.74, 6) is 0.854. The van der Waals surface area contributed by atoms with E-state index in [2.05, 4.69) is 5.32 Å². The number of sulfonamides is 1. The van der Waals surface area contributed by atoms with Crippen LogP contribution in [-0.4, -0.2) is 51.0 Å². The second kappa shape index (κ2) is 11.0. The van der Waals surface area contributed by atoms with Crippen molar-refractivity contribution in [2.75, 3.05) is 26.2 Å². The number of aryl methyl sites for hydroxylation is 1. The number of hydrogen-bond acceptors (Lipinski definition) is 5. The van der Waals surface area contributed by atoms with Gasteiger partial charge in [-0.1, -0.05) is 18.0 Å². The fourth-order valence-electron chi connectivity index (χ4n) is 3.40. The number of hydrogen-bond donors (Lipinski definition) is 1. The van der Waals surface area contributed by atoms with Gasteiger partial charge in [0.2, 0.25) is 10.0 Å². The SMILES string of the molecule is Cc1cc(O[C@H](C)C(=O)NCCOc2ccc(S(=O)(=O)N3CCCCC3)cc2)ccc1Cl. The van der Waals surface area contributed by atoms with Crippen LogP contribution in [-0.2, 0) is 14.8 Å². The van der Waals surface area contributed by atoms with Gasteiger partial charge in [-0.05, 0) is 74.7 Å². The number of halogens is 1. The number of benzene rings is 2. The Morgan fingerprint density at radius 3 is 2.41 bits per heavy atom. The van der Waals surface area contributed by atoms with Crippen LogP contribution in [0.3, 0.4) is 0 Å². The summed E-state index contributed by atoms with van der Waals surface area (Å²) in [4.78, 5) is 12.5. The molecule has 9 heteroatoms. The molecule has 3 rings (SSSR count). The molecule has 2 aromatic carbocycles. The molecule has 1 heterocycles. The van der Waals surface area contributed by atoms with Gasteiger partial charge in [-0.25, -0.2) is 8.42 Å². The fourth-order valence-corrected chi connectivity index (χ4v) is 5.03. The molecule has 1 fully saturated rings. The number of carbonyl (C=O) groups is 1. The van der Waals surface area contributed by atoms with Crippen LogP contribution in [0.4, 0.5) is 0 Å². The van der Waals surface area contributed by atoms with Crippen LogP contribution in [0.5, 0.6) is 11.5 Å². The van der Waals surface area contributed by atoms with Crippen LogP contribution in [0, 0.1) is 6.92 Å². The van der Waals surface area contributed by atoms with Crippen molar-refractivity contribution in [3.63, 3.8) is 0 Å². The van der Waals surface area contributed by atoms with Crippen LogP contribution >= 0.6 is 11.6 Å². The van der Waals surface area contributed by atoms with Crippen molar-refractivity contribution >= 4 is 27.5 Å². The van der Waals surface area contributed by atoms with E-state index in [1.54, 1.807) is 49.4 Å². The van der Waals surface area contributed by atoms with Gasteiger partial charge in [-0.2, -0.15) is 4.31 Å². The summed E-state index contributed by atoms with van der Waals surface area (Å²) < 4.78 is 38.2. The van der Waals surface area contributed by atoms with E-state index in [-0.39, 0.29) is 17.4 Å². The minimum absolute atomic E-state index is 0.247. The number of piperidine rings is 1. The third kappa shape index (κ3) is 6.37. The quantitative estimate of drug-likeness (QED) is 0.552. The smallest absolute Gasteiger partial charge is 0.260 e. The van der Waals surface area contributed by atoms with Crippen molar-refractivity contribution in [2.24, 2.45) is 0 Å². The molecule has 1 amide bonds. The zero-order chi connectivity index (χ0) is 23.1. The lowest BCUT2D eigenvalue weighted by atomic mass is 10.2. The molecule has 2 aromatic rings. The van der Waals surface area contributed by atoms with Crippen LogP contribution < -0.4 is 14.8 Å². The van der Waals surface area contributed by atoms with E-state index < -0.39 is 16.1 Å². The summed E-state index contributed by atoms with van der Waals surface area (Å²) in [6, 6.07) is 11.6. The molecule has 1 saturated heterocycles. The first-order chi connectivity index (χ1) is 15.3. The van der Waals surface area contributed by atoms with Gasteiger partial charge in [0.05, 0.1) is 11.4 Å². The van der Waals surface area contributed by atoms with Crippen LogP contribution in [0.15, 0.2) is 47.4 Å². The molecule has 0 aromatic heterocycles. The number of ether oxygens (including phenoxy) is 2. The molecule has 1 atom stereocenters. The average Bonchev–Trinajstić information content (AvgIpc) is 2.80. The summed E-state index contributed by atoms with van der Waals surface area (Å²) in [6.07, 6.45) is 2.19. The Balaban J connectivity index is 1.43. The molecule has 0 spiro atoms. The first-order valence-electron chi connectivity index (χ1n) is 10.7. The summed E-state index contributed by atoms with van der Waals surface area (Å²) in [5.41, 5.74) is 0.875. The van der Waals surface area contributed by atoms with E-state index in [9.17, 15) is 13.2 Å². The largest absolute Gasteiger partial charge is 0.492 e. The number of nitrogens with zero attached hydrogens (tertiary/aromatic N) is 1. The number of carbonyl (C=O) groups excluding carboxylic acids is 1. The third-order valence-corrected chi connectivity index (χ3v) is 7.60. The molecular weight excluding hydrogens is 452 g/mol. The highest BCUT2D eigenvalue weighted by Crippen LogP contribution is 2.23. The summed E-state index contributed by atoms with van der Waals surface area (Å²) >= 11 is 6.00. The normalized spacial score (nSPS) is 15.7. The Kier molecular flexibility index (Phi) is 8.39. The average molecular weight is 481 g/mol. The van der Waals surface area contributed by atoms with E-state index >= 15 is 0 Å². The standard InChI is InChI=1S/C23H29ClN2O5S/c1-17-16-20(8-11-22(17)24)31-18(2)23(27)25-12-15-30-19-6-9-21(10-7-19)32(28,29)26-13-4-3-5-14-26/h6-11,16,18H,3-5,12-15H2,1-2H3,(H,25,27)/t18-/m1/s1. The second-order valence-corrected chi connectivity index (χ2v) is 10.1. The van der Waals surface area contributed by atoms with E-state index in [1.807, 2.05) is 6.92 Å². The van der Waals surface area contributed by atoms with Gasteiger partial charge in [0.25, 0.3) is 5.91 Å². The van der Waals surface area contributed by atoms with Crippen molar-refractivity contribution < 1.29 is 22.7 Å². The highest BCUT2D eigenvalue weighted by molar-refractivity contribution is 7.89. The number of rotatable bonds is 9. The molecule has 7 nitrogen and oxygen atoms in total. The predicted octanol–water partition coefficient (Wildman–Crippen LogP) is 3.79. The minimum atomic E-state index is -3.46. The first kappa shape index (κ1) is 24.4. The van der Waals surface area contributed by atoms with Gasteiger partial charge in [0, 0.05) is 18.1 Å². The topological polar surface area (TPSA) is 84.9 Å². The van der Waals surface area contributed by atoms with E-state index in [0.29, 0.717) is 36.2 Å². The van der Waals surface area contributed by atoms with Crippen LogP contribution in [0.1, 0.15) is 31.7 Å². The van der Waals surface area contributed by atoms with Gasteiger partial charge in [0.15, 0.2) is 6.10 Å². The van der Waals surface area contributed by atoms with E-state index in [0.717, 1.165) is 24.8 Å². The van der Waals surface area contributed by atoms with E-state index in [1.165, 1.54) is 4.31 Å². The Labute approximate surface area is 194 Å². The Morgan fingerprint density at radius 2 is 1.75 bits per heavy atom. The molecule has 0 aliphatic carbocycles. The first-order valence-corrected chi connectivity index (χ1v) is 12.5. The van der Waals surface area contributed by atoms with Crippen molar-refractivity contribution in [3.8, 4) is 11.5 Å². The monoisotopic (exact) mass is 480 g/mol. The van der Waals surface area contributed by atoms with Crippen molar-refractivity contribution in [1.29, 1.82) is 0 Å². The highest BCUT2D eigenvalue weighted by atomic mass is 35.5. The molecular formula is C23H29ClN2O5S. The molecule has 1 aliphatic heterocycles. The fraction of sp³-hybridized carbons (Fsp3) is 0.435. The van der Waals surface area contributed by atoms with Crippen LogP contribution in [0.25, 0.3) is 0 Å². The van der Waals surface area contributed by atoms with Gasteiger partial charge >= 0.3 is 0 Å². The predicted molar refractivity (Wildman–Crippen MR) is 124 cm³/mol. The van der Waals surface area contributed by atoms with E-state index in [4.69, 9.17) is 21.1 Å². The zero-order valence-corrected chi connectivity index (χ0v) is 19.9. The Morgan fingerprint density at radius 1 is 1.09 bits per heavy atom. The maximum absolute atomic E-state index is 12.7. The van der Waals surface area contributed by atoms with Gasteiger partial charge < -0.3 is 14.8 Å². The van der Waals surface area contributed by atoms with Crippen molar-refractivity contribution in [1.82, 2.24) is 9.62 Å². The number of amides is 1. The molecule has 0 radical (unpaired) electrons. The molecule has 0 bridgehead atoms. The van der Waals surface area contributed by atoms with Gasteiger partial charge in [-0.15, -0.1) is 0 Å². The zero-order valence-electron chi connectivity index (χ0n) is 18.3. The lowest BCUT2D eigenvalue weighted by molar-refractivity contribution is -0.127. The molecule has 1 N–H and O–H groups in total. The van der Waals surface area contributed by atoms with Gasteiger partial charge in [0.1, 0.15) is 18.1 Å². The third-order valence-electron chi connectivity index (χ3n) is 5.26. The maximum Gasteiger partial charge on any atom is 0.260 e. The second-order valence-electron chi connectivity index (χ2n) is 7.75. The molecule has 0 saturated carbocycles. The summed E-state index contributed by atoms with van der Waals surface area (Å²) in [6.45, 7) is 5.21. The molecule has 1 aliphatic rings. The van der Waals surface area contributed by atoms with Gasteiger partial charge in [-0.3, -0.25) is 4.79 Å². The molecule has 174 valence electrons. The van der Waals surface area contributed by atoms with Crippen LogP contribution in [0.2, 0.25) is 5.02 Å². The minimum Gasteiger partial charge on any atom is -0.492 e. The number of nitrogens with one attached hydrogen (secondary N) is 1. The lowest BCUT2D eigenvalue weighted by Gasteiger charge is -2.25. The lowest BCUT2D eigenvalue weighted by Crippen LogP contribution is -2.38. The Hall–Kier alpha value is -2.29. The van der Waals surface area contributed by atoms with Crippen molar-refractivity contribution in [2.45, 2.75) is 44.1 Å². The molecule has 0 unspecified atom stereocenters. The maximum atomic E-state index is 12.7. The Bertz CT molecular complexity index is 1020. The summed E-state index contributed by atoms with van der Waals surface area (Å²) in [7, 11) is -3.46. The highest BCUT2D eigenvalue weighted by Gasteiger charge is 2.25.